The van der Waals surface area contributed by atoms with Crippen LogP contribution in [0.25, 0.3) is 11.0 Å². The molecular weight excluding hydrogens is 424 g/mol. The number of methoxy groups -OCH3 is 2. The van der Waals surface area contributed by atoms with Crippen molar-refractivity contribution in [1.82, 2.24) is 14.9 Å². The number of hydrogen-bond acceptors (Lipinski definition) is 8. The van der Waals surface area contributed by atoms with E-state index in [9.17, 15) is 13.5 Å². The highest BCUT2D eigenvalue weighted by atomic mass is 32.2. The van der Waals surface area contributed by atoms with Crippen LogP contribution in [0.2, 0.25) is 0 Å². The van der Waals surface area contributed by atoms with Crippen molar-refractivity contribution in [3.63, 3.8) is 0 Å². The third-order valence-corrected chi connectivity index (χ3v) is 6.13. The van der Waals surface area contributed by atoms with Crippen LogP contribution in [0.15, 0.2) is 58.2 Å². The zero-order valence-electron chi connectivity index (χ0n) is 16.8. The Labute approximate surface area is 178 Å². The van der Waals surface area contributed by atoms with E-state index in [0.29, 0.717) is 23.3 Å². The lowest BCUT2D eigenvalue weighted by Crippen LogP contribution is -2.17. The Kier molecular flexibility index (Phi) is 5.53. The second-order valence-corrected chi connectivity index (χ2v) is 8.24. The summed E-state index contributed by atoms with van der Waals surface area (Å²) in [6.45, 7) is -0.00471. The van der Waals surface area contributed by atoms with Crippen molar-refractivity contribution in [2.45, 2.75) is 18.0 Å². The van der Waals surface area contributed by atoms with E-state index in [1.807, 2.05) is 12.3 Å². The normalized spacial score (nSPS) is 11.6. The molecule has 10 nitrogen and oxygen atoms in total. The summed E-state index contributed by atoms with van der Waals surface area (Å²) >= 11 is 0. The summed E-state index contributed by atoms with van der Waals surface area (Å²) < 4.78 is 46.5. The summed E-state index contributed by atoms with van der Waals surface area (Å²) in [5.41, 5.74) is 1.38. The summed E-state index contributed by atoms with van der Waals surface area (Å²) in [6, 6.07) is 9.92. The number of aliphatic hydroxyl groups excluding tert-OH is 1. The Morgan fingerprint density at radius 2 is 1.97 bits per heavy atom. The molecule has 0 amide bonds. The lowest BCUT2D eigenvalue weighted by molar-refractivity contribution is 0.276. The number of benzene rings is 2. The largest absolute Gasteiger partial charge is 0.496 e. The number of nitrogens with one attached hydrogen (secondary N) is 1. The average Bonchev–Trinajstić information content (AvgIpc) is 3.42. The van der Waals surface area contributed by atoms with E-state index in [4.69, 9.17) is 14.0 Å². The Bertz CT molecular complexity index is 1290. The minimum absolute atomic E-state index is 0.0349. The van der Waals surface area contributed by atoms with E-state index in [-0.39, 0.29) is 22.0 Å². The van der Waals surface area contributed by atoms with Gasteiger partial charge in [-0.15, -0.1) is 0 Å². The molecule has 0 saturated heterocycles. The van der Waals surface area contributed by atoms with Gasteiger partial charge in [-0.1, -0.05) is 17.3 Å². The van der Waals surface area contributed by atoms with Gasteiger partial charge in [-0.05, 0) is 29.8 Å². The van der Waals surface area contributed by atoms with Crippen molar-refractivity contribution >= 4 is 26.8 Å². The second-order valence-electron chi connectivity index (χ2n) is 6.62. The number of ether oxygens (including phenoxy) is 2. The Hall–Kier alpha value is -3.57. The molecule has 0 aliphatic carbocycles. The average molecular weight is 444 g/mol. The fourth-order valence-corrected chi connectivity index (χ4v) is 4.71. The third-order valence-electron chi connectivity index (χ3n) is 4.67. The van der Waals surface area contributed by atoms with Crippen molar-refractivity contribution < 1.29 is 27.5 Å². The van der Waals surface area contributed by atoms with Crippen LogP contribution in [-0.4, -0.2) is 42.7 Å². The molecule has 2 aromatic heterocycles. The van der Waals surface area contributed by atoms with E-state index in [2.05, 4.69) is 15.0 Å². The van der Waals surface area contributed by atoms with Crippen molar-refractivity contribution in [2.75, 3.05) is 18.9 Å². The third kappa shape index (κ3) is 3.92. The standard InChI is InChI=1S/C20H20N4O6S/c1-28-15-6-3-5-14(12-25)19(15)31(26,27)23-20-18-16(29-2)9-13(10-17(18)30-22-20)11-24-8-4-7-21-24/h3-10,25H,11-12H2,1-2H3,(H,22,23). The number of sulfonamides is 1. The van der Waals surface area contributed by atoms with Crippen LogP contribution in [-0.2, 0) is 23.2 Å². The SMILES string of the molecule is COc1cccc(CO)c1S(=O)(=O)Nc1noc2cc(Cn3cccn3)cc(OC)c12. The van der Waals surface area contributed by atoms with Crippen molar-refractivity contribution in [2.24, 2.45) is 0 Å². The van der Waals surface area contributed by atoms with Crippen molar-refractivity contribution in [1.29, 1.82) is 0 Å². The van der Waals surface area contributed by atoms with Gasteiger partial charge in [0, 0.05) is 18.0 Å². The fourth-order valence-electron chi connectivity index (χ4n) is 3.32. The topological polar surface area (TPSA) is 129 Å². The van der Waals surface area contributed by atoms with Gasteiger partial charge in [0.25, 0.3) is 10.0 Å². The van der Waals surface area contributed by atoms with Crippen LogP contribution in [0.3, 0.4) is 0 Å². The molecule has 2 N–H and O–H groups in total. The number of hydrogen-bond donors (Lipinski definition) is 2. The predicted molar refractivity (Wildman–Crippen MR) is 112 cm³/mol. The molecule has 4 rings (SSSR count). The quantitative estimate of drug-likeness (QED) is 0.424. The van der Waals surface area contributed by atoms with Crippen LogP contribution in [0, 0.1) is 0 Å². The van der Waals surface area contributed by atoms with Crippen molar-refractivity contribution in [3.05, 3.63) is 59.9 Å². The molecule has 2 aromatic carbocycles. The Morgan fingerprint density at radius 1 is 1.16 bits per heavy atom. The van der Waals surface area contributed by atoms with Gasteiger partial charge in [-0.2, -0.15) is 5.10 Å². The minimum Gasteiger partial charge on any atom is -0.496 e. The van der Waals surface area contributed by atoms with Crippen LogP contribution in [0.5, 0.6) is 11.5 Å². The maximum atomic E-state index is 13.1. The number of fused-ring (bicyclic) bond motifs is 1. The summed E-state index contributed by atoms with van der Waals surface area (Å²) in [5.74, 6) is 0.452. The molecule has 0 bridgehead atoms. The van der Waals surface area contributed by atoms with Gasteiger partial charge in [0.1, 0.15) is 21.8 Å². The maximum absolute atomic E-state index is 13.1. The molecule has 0 aliphatic heterocycles. The van der Waals surface area contributed by atoms with Gasteiger partial charge >= 0.3 is 0 Å². The summed E-state index contributed by atoms with van der Waals surface area (Å²) in [7, 11) is -1.34. The first-order valence-electron chi connectivity index (χ1n) is 9.20. The maximum Gasteiger partial charge on any atom is 0.267 e. The van der Waals surface area contributed by atoms with Gasteiger partial charge in [-0.25, -0.2) is 8.42 Å². The number of anilines is 1. The molecule has 2 heterocycles. The van der Waals surface area contributed by atoms with E-state index in [1.165, 1.54) is 26.4 Å². The van der Waals surface area contributed by atoms with Crippen LogP contribution < -0.4 is 14.2 Å². The zero-order valence-corrected chi connectivity index (χ0v) is 17.6. The first-order chi connectivity index (χ1) is 15.0. The summed E-state index contributed by atoms with van der Waals surface area (Å²) in [6.07, 6.45) is 3.50. The fraction of sp³-hybridized carbons (Fsp3) is 0.200. The first-order valence-corrected chi connectivity index (χ1v) is 10.7. The Balaban J connectivity index is 1.76. The lowest BCUT2D eigenvalue weighted by atomic mass is 10.1. The number of nitrogens with zero attached hydrogens (tertiary/aromatic N) is 3. The predicted octanol–water partition coefficient (Wildman–Crippen LogP) is 2.38. The molecule has 0 unspecified atom stereocenters. The Morgan fingerprint density at radius 3 is 2.65 bits per heavy atom. The highest BCUT2D eigenvalue weighted by molar-refractivity contribution is 7.92. The molecule has 0 radical (unpaired) electrons. The van der Waals surface area contributed by atoms with Crippen molar-refractivity contribution in [3.8, 4) is 11.5 Å². The van der Waals surface area contributed by atoms with E-state index >= 15 is 0 Å². The van der Waals surface area contributed by atoms with Gasteiger partial charge in [0.15, 0.2) is 11.4 Å². The van der Waals surface area contributed by atoms with E-state index in [0.717, 1.165) is 5.56 Å². The molecule has 0 saturated carbocycles. The minimum atomic E-state index is -4.16. The summed E-state index contributed by atoms with van der Waals surface area (Å²) in [4.78, 5) is -0.176. The van der Waals surface area contributed by atoms with E-state index in [1.54, 1.807) is 29.1 Å². The van der Waals surface area contributed by atoms with Gasteiger partial charge in [-0.3, -0.25) is 9.40 Å². The van der Waals surface area contributed by atoms with Crippen LogP contribution in [0.4, 0.5) is 5.82 Å². The smallest absolute Gasteiger partial charge is 0.267 e. The molecular formula is C20H20N4O6S. The molecule has 162 valence electrons. The van der Waals surface area contributed by atoms with Gasteiger partial charge < -0.3 is 19.1 Å². The summed E-state index contributed by atoms with van der Waals surface area (Å²) in [5, 5.41) is 18.0. The molecule has 11 heteroatoms. The molecule has 31 heavy (non-hydrogen) atoms. The molecule has 0 spiro atoms. The highest BCUT2D eigenvalue weighted by Gasteiger charge is 2.27. The van der Waals surface area contributed by atoms with Gasteiger partial charge in [0.2, 0.25) is 0 Å². The van der Waals surface area contributed by atoms with Gasteiger partial charge in [0.05, 0.1) is 27.4 Å². The highest BCUT2D eigenvalue weighted by Crippen LogP contribution is 2.36. The molecule has 4 aromatic rings. The number of aromatic nitrogens is 3. The molecule has 0 aliphatic rings. The molecule has 0 atom stereocenters. The number of aliphatic hydroxyl groups is 1. The van der Waals surface area contributed by atoms with E-state index < -0.39 is 16.6 Å². The number of rotatable bonds is 8. The molecule has 0 fully saturated rings. The van der Waals surface area contributed by atoms with Crippen LogP contribution >= 0.6 is 0 Å². The lowest BCUT2D eigenvalue weighted by Gasteiger charge is -2.14. The first kappa shape index (κ1) is 20.7. The zero-order chi connectivity index (χ0) is 22.0. The monoisotopic (exact) mass is 444 g/mol. The van der Waals surface area contributed by atoms with Crippen LogP contribution in [0.1, 0.15) is 11.1 Å². The second kappa shape index (κ2) is 8.28.